The predicted molar refractivity (Wildman–Crippen MR) is 125 cm³/mol. The summed E-state index contributed by atoms with van der Waals surface area (Å²) >= 11 is 7.64. The van der Waals surface area contributed by atoms with Gasteiger partial charge < -0.3 is 15.7 Å². The number of nitriles is 2. The second-order valence-corrected chi connectivity index (χ2v) is 8.14. The van der Waals surface area contributed by atoms with Gasteiger partial charge in [0, 0.05) is 17.4 Å². The lowest BCUT2D eigenvalue weighted by atomic mass is 10.2. The Morgan fingerprint density at radius 1 is 0.909 bits per heavy atom. The molecule has 0 radical (unpaired) electrons. The van der Waals surface area contributed by atoms with E-state index >= 15 is 0 Å². The first-order chi connectivity index (χ1) is 15.8. The number of phenols is 1. The third-order valence-electron chi connectivity index (χ3n) is 3.93. The van der Waals surface area contributed by atoms with Crippen LogP contribution in [0.25, 0.3) is 0 Å². The van der Waals surface area contributed by atoms with E-state index in [0.29, 0.717) is 5.00 Å². The minimum atomic E-state index is -0.897. The summed E-state index contributed by atoms with van der Waals surface area (Å²) in [7, 11) is 0. The quantitative estimate of drug-likeness (QED) is 0.255. The van der Waals surface area contributed by atoms with Gasteiger partial charge in [0.1, 0.15) is 22.1 Å². The van der Waals surface area contributed by atoms with Crippen molar-refractivity contribution in [1.82, 2.24) is 8.75 Å². The van der Waals surface area contributed by atoms with E-state index < -0.39 is 17.1 Å². The molecule has 5 N–H and O–H groups in total. The first kappa shape index (κ1) is 23.6. The number of aromatic amines is 2. The molecular formula is C20H12ClFN6O3S2. The van der Waals surface area contributed by atoms with Gasteiger partial charge in [-0.2, -0.15) is 10.5 Å². The highest BCUT2D eigenvalue weighted by molar-refractivity contribution is 7.10. The Bertz CT molecular complexity index is 1460. The molecule has 2 aromatic carbocycles. The van der Waals surface area contributed by atoms with Crippen molar-refractivity contribution >= 4 is 56.0 Å². The van der Waals surface area contributed by atoms with Gasteiger partial charge in [0.15, 0.2) is 22.7 Å². The van der Waals surface area contributed by atoms with Crippen LogP contribution in [-0.2, 0) is 0 Å². The Morgan fingerprint density at radius 3 is 1.91 bits per heavy atom. The van der Waals surface area contributed by atoms with E-state index in [2.05, 4.69) is 19.4 Å². The van der Waals surface area contributed by atoms with Crippen molar-refractivity contribution in [2.45, 2.75) is 0 Å². The molecule has 0 fully saturated rings. The lowest BCUT2D eigenvalue weighted by molar-refractivity contribution is 0.433. The van der Waals surface area contributed by atoms with Crippen LogP contribution in [0.5, 0.6) is 5.75 Å². The normalized spacial score (nSPS) is 9.82. The van der Waals surface area contributed by atoms with Crippen molar-refractivity contribution in [3.8, 4) is 17.9 Å². The van der Waals surface area contributed by atoms with Gasteiger partial charge in [0.2, 0.25) is 0 Å². The Labute approximate surface area is 198 Å². The van der Waals surface area contributed by atoms with E-state index in [1.165, 1.54) is 6.07 Å². The zero-order valence-electron chi connectivity index (χ0n) is 16.3. The van der Waals surface area contributed by atoms with E-state index in [1.807, 2.05) is 36.4 Å². The summed E-state index contributed by atoms with van der Waals surface area (Å²) in [6, 6.07) is 15.3. The number of hydrogen-bond donors (Lipinski definition) is 5. The van der Waals surface area contributed by atoms with Crippen LogP contribution in [0.15, 0.2) is 52.1 Å². The van der Waals surface area contributed by atoms with Gasteiger partial charge in [0.25, 0.3) is 11.1 Å². The molecule has 4 aromatic rings. The zero-order valence-corrected chi connectivity index (χ0v) is 18.7. The van der Waals surface area contributed by atoms with Crippen LogP contribution in [0.1, 0.15) is 11.1 Å². The van der Waals surface area contributed by atoms with Crippen molar-refractivity contribution in [1.29, 1.82) is 10.5 Å². The van der Waals surface area contributed by atoms with E-state index in [-0.39, 0.29) is 32.4 Å². The standard InChI is InChI=1S/C10H5ClFN3O2S.C10H7N3OS/c11-6-1-4(2-7(12)8(6)16)14-10-5(3-13)9(17)15-18-10;11-6-8-9(14)13-15-10(8)12-7-4-2-1-3-5-7/h1-2,14,16H,(H,15,17);1-5,12H,(H,13,14). The number of nitrogens with one attached hydrogen (secondary N) is 4. The fraction of sp³-hybridized carbons (Fsp3) is 0. The summed E-state index contributed by atoms with van der Waals surface area (Å²) in [6.07, 6.45) is 0. The SMILES string of the molecule is N#Cc1c(Nc2cc(F)c(O)c(Cl)c2)s[nH]c1=O.N#Cc1c(Nc2ccccc2)s[nH]c1=O. The largest absolute Gasteiger partial charge is 0.504 e. The van der Waals surface area contributed by atoms with Crippen molar-refractivity contribution in [3.05, 3.63) is 85.1 Å². The monoisotopic (exact) mass is 502 g/mol. The van der Waals surface area contributed by atoms with Gasteiger partial charge in [-0.05, 0) is 41.3 Å². The topological polar surface area (TPSA) is 158 Å². The Kier molecular flexibility index (Phi) is 7.48. The van der Waals surface area contributed by atoms with Gasteiger partial charge in [-0.3, -0.25) is 18.3 Å². The van der Waals surface area contributed by atoms with E-state index in [9.17, 15) is 14.0 Å². The molecule has 0 amide bonds. The number of aromatic nitrogens is 2. The van der Waals surface area contributed by atoms with Gasteiger partial charge in [-0.25, -0.2) is 4.39 Å². The fourth-order valence-corrected chi connectivity index (χ4v) is 4.03. The number of H-pyrrole nitrogens is 2. The molecule has 4 rings (SSSR count). The molecule has 0 aliphatic rings. The summed E-state index contributed by atoms with van der Waals surface area (Å²) in [5, 5.41) is 33.0. The maximum Gasteiger partial charge on any atom is 0.278 e. The molecule has 0 aliphatic carbocycles. The van der Waals surface area contributed by atoms with Gasteiger partial charge in [0.05, 0.1) is 5.02 Å². The molecular weight excluding hydrogens is 491 g/mol. The van der Waals surface area contributed by atoms with Crippen LogP contribution >= 0.6 is 34.7 Å². The second kappa shape index (κ2) is 10.5. The first-order valence-electron chi connectivity index (χ1n) is 8.84. The number of hydrogen-bond acceptors (Lipinski definition) is 9. The average Bonchev–Trinajstić information content (AvgIpc) is 3.34. The molecule has 0 atom stereocenters. The molecule has 166 valence electrons. The van der Waals surface area contributed by atoms with Gasteiger partial charge in [-0.1, -0.05) is 29.8 Å². The molecule has 0 aliphatic heterocycles. The summed E-state index contributed by atoms with van der Waals surface area (Å²) in [5.41, 5.74) is 0.246. The predicted octanol–water partition coefficient (Wildman–Crippen LogP) is 4.60. The maximum absolute atomic E-state index is 13.2. The number of benzene rings is 2. The fourth-order valence-electron chi connectivity index (χ4n) is 2.41. The van der Waals surface area contributed by atoms with Crippen molar-refractivity contribution < 1.29 is 9.50 Å². The van der Waals surface area contributed by atoms with Crippen LogP contribution < -0.4 is 21.8 Å². The van der Waals surface area contributed by atoms with Crippen LogP contribution in [0.2, 0.25) is 5.02 Å². The van der Waals surface area contributed by atoms with Crippen LogP contribution in [0.3, 0.4) is 0 Å². The molecule has 13 heteroatoms. The summed E-state index contributed by atoms with van der Waals surface area (Å²) in [4.78, 5) is 22.4. The molecule has 9 nitrogen and oxygen atoms in total. The molecule has 0 saturated heterocycles. The highest BCUT2D eigenvalue weighted by Gasteiger charge is 2.13. The molecule has 2 heterocycles. The van der Waals surface area contributed by atoms with E-state index in [1.54, 1.807) is 6.07 Å². The van der Waals surface area contributed by atoms with Crippen molar-refractivity contribution in [3.63, 3.8) is 0 Å². The van der Waals surface area contributed by atoms with E-state index in [0.717, 1.165) is 34.8 Å². The van der Waals surface area contributed by atoms with Crippen LogP contribution in [0, 0.1) is 28.5 Å². The molecule has 2 aromatic heterocycles. The van der Waals surface area contributed by atoms with E-state index in [4.69, 9.17) is 27.2 Å². The van der Waals surface area contributed by atoms with Gasteiger partial charge >= 0.3 is 0 Å². The minimum Gasteiger partial charge on any atom is -0.504 e. The average molecular weight is 503 g/mol. The molecule has 0 bridgehead atoms. The first-order valence-corrected chi connectivity index (χ1v) is 10.8. The van der Waals surface area contributed by atoms with Crippen LogP contribution in [0.4, 0.5) is 25.8 Å². The zero-order chi connectivity index (χ0) is 24.0. The lowest BCUT2D eigenvalue weighted by Crippen LogP contribution is -2.02. The third kappa shape index (κ3) is 5.58. The Balaban J connectivity index is 0.000000189. The molecule has 0 spiro atoms. The number of anilines is 4. The smallest absolute Gasteiger partial charge is 0.278 e. The number of aromatic hydroxyl groups is 1. The number of para-hydroxylation sites is 1. The lowest BCUT2D eigenvalue weighted by Gasteiger charge is -2.06. The number of rotatable bonds is 4. The van der Waals surface area contributed by atoms with Crippen LogP contribution in [-0.4, -0.2) is 13.9 Å². The van der Waals surface area contributed by atoms with Crippen molar-refractivity contribution in [2.24, 2.45) is 0 Å². The summed E-state index contributed by atoms with van der Waals surface area (Å²) in [6.45, 7) is 0. The molecule has 33 heavy (non-hydrogen) atoms. The number of nitrogens with zero attached hydrogens (tertiary/aromatic N) is 2. The molecule has 0 unspecified atom stereocenters. The highest BCUT2D eigenvalue weighted by Crippen LogP contribution is 2.32. The number of halogens is 2. The van der Waals surface area contributed by atoms with Crippen molar-refractivity contribution in [2.75, 3.05) is 10.6 Å². The third-order valence-corrected chi connectivity index (χ3v) is 5.81. The Hall–Kier alpha value is -4.10. The Morgan fingerprint density at radius 2 is 1.42 bits per heavy atom. The second-order valence-electron chi connectivity index (χ2n) is 6.10. The number of phenolic OH excluding ortho intramolecular Hbond substituents is 1. The molecule has 0 saturated carbocycles. The summed E-state index contributed by atoms with van der Waals surface area (Å²) < 4.78 is 18.1. The minimum absolute atomic E-state index is 0.0930. The highest BCUT2D eigenvalue weighted by atomic mass is 35.5. The van der Waals surface area contributed by atoms with Gasteiger partial charge in [-0.15, -0.1) is 0 Å². The maximum atomic E-state index is 13.2. The summed E-state index contributed by atoms with van der Waals surface area (Å²) in [5.74, 6) is -1.55.